The lowest BCUT2D eigenvalue weighted by molar-refractivity contribution is 1.07. The molecule has 0 N–H and O–H groups in total. The van der Waals surface area contributed by atoms with Gasteiger partial charge in [-0.05, 0) is 41.5 Å². The van der Waals surface area contributed by atoms with Gasteiger partial charge in [-0.25, -0.2) is 19.9 Å². The van der Waals surface area contributed by atoms with E-state index in [0.29, 0.717) is 17.5 Å². The van der Waals surface area contributed by atoms with E-state index in [1.807, 2.05) is 66.9 Å². The minimum atomic E-state index is 0.628. The minimum absolute atomic E-state index is 0.628. The first kappa shape index (κ1) is 27.2. The number of thiophene rings is 1. The van der Waals surface area contributed by atoms with Crippen LogP contribution >= 0.6 is 11.3 Å². The molecule has 0 atom stereocenters. The smallest absolute Gasteiger partial charge is 0.164 e. The molecule has 0 spiro atoms. The molecule has 220 valence electrons. The third-order valence-corrected chi connectivity index (χ3v) is 9.49. The summed E-state index contributed by atoms with van der Waals surface area (Å²) in [4.78, 5) is 24.6. The highest BCUT2D eigenvalue weighted by Gasteiger charge is 2.14. The van der Waals surface area contributed by atoms with Crippen molar-refractivity contribution in [1.29, 1.82) is 0 Å². The van der Waals surface area contributed by atoms with Gasteiger partial charge in [0.1, 0.15) is 0 Å². The van der Waals surface area contributed by atoms with Crippen LogP contribution in [0.1, 0.15) is 0 Å². The van der Waals surface area contributed by atoms with Crippen LogP contribution in [0.5, 0.6) is 0 Å². The molecule has 4 heterocycles. The van der Waals surface area contributed by atoms with Crippen molar-refractivity contribution in [1.82, 2.24) is 24.9 Å². The first-order valence-corrected chi connectivity index (χ1v) is 16.2. The fraction of sp³-hybridized carbons (Fsp3) is 0. The SMILES string of the molecule is c1ccc(-c2nc(-c3ccccc3)nc(-c3cccc(-c4ccc5ccc(-c6cc7c(cn6)sc6ccccc67)nc5c4)c3)n2)cc1. The molecule has 6 heteroatoms. The van der Waals surface area contributed by atoms with Gasteiger partial charge in [0.15, 0.2) is 17.5 Å². The maximum atomic E-state index is 5.08. The van der Waals surface area contributed by atoms with E-state index in [0.717, 1.165) is 50.1 Å². The molecule has 9 aromatic rings. The van der Waals surface area contributed by atoms with E-state index in [4.69, 9.17) is 24.9 Å². The van der Waals surface area contributed by atoms with Crippen molar-refractivity contribution in [3.05, 3.63) is 152 Å². The Balaban J connectivity index is 1.11. The summed E-state index contributed by atoms with van der Waals surface area (Å²) in [6.07, 6.45) is 1.97. The van der Waals surface area contributed by atoms with E-state index in [1.165, 1.54) is 20.2 Å². The number of fused-ring (bicyclic) bond motifs is 4. The average molecular weight is 620 g/mol. The second-order valence-corrected chi connectivity index (χ2v) is 12.5. The largest absolute Gasteiger partial charge is 0.253 e. The monoisotopic (exact) mass is 619 g/mol. The minimum Gasteiger partial charge on any atom is -0.253 e. The summed E-state index contributed by atoms with van der Waals surface area (Å²) in [5.41, 5.74) is 7.58. The van der Waals surface area contributed by atoms with Crippen molar-refractivity contribution in [2.75, 3.05) is 0 Å². The molecular formula is C41H25N5S. The molecule has 9 rings (SSSR count). The van der Waals surface area contributed by atoms with Gasteiger partial charge in [-0.3, -0.25) is 4.98 Å². The number of aromatic nitrogens is 5. The van der Waals surface area contributed by atoms with Crippen LogP contribution in [0.3, 0.4) is 0 Å². The van der Waals surface area contributed by atoms with Crippen LogP contribution in [-0.2, 0) is 0 Å². The second-order valence-electron chi connectivity index (χ2n) is 11.4. The highest BCUT2D eigenvalue weighted by molar-refractivity contribution is 7.25. The van der Waals surface area contributed by atoms with Crippen LogP contribution in [0.25, 0.3) is 87.8 Å². The Bertz CT molecular complexity index is 2520. The molecule has 0 saturated carbocycles. The van der Waals surface area contributed by atoms with Crippen molar-refractivity contribution in [3.8, 4) is 56.7 Å². The Labute approximate surface area is 275 Å². The molecule has 0 saturated heterocycles. The maximum absolute atomic E-state index is 5.08. The number of nitrogens with zero attached hydrogens (tertiary/aromatic N) is 5. The molecule has 0 aliphatic carbocycles. The molecule has 0 aliphatic heterocycles. The molecule has 5 aromatic carbocycles. The van der Waals surface area contributed by atoms with E-state index in [-0.39, 0.29) is 0 Å². The van der Waals surface area contributed by atoms with Gasteiger partial charge in [0, 0.05) is 43.7 Å². The predicted molar refractivity (Wildman–Crippen MR) is 193 cm³/mol. The van der Waals surface area contributed by atoms with E-state index < -0.39 is 0 Å². The Morgan fingerprint density at radius 1 is 0.383 bits per heavy atom. The lowest BCUT2D eigenvalue weighted by Crippen LogP contribution is -2.00. The van der Waals surface area contributed by atoms with Gasteiger partial charge >= 0.3 is 0 Å². The fourth-order valence-corrected chi connectivity index (χ4v) is 7.04. The van der Waals surface area contributed by atoms with E-state index in [9.17, 15) is 0 Å². The Kier molecular flexibility index (Phi) is 6.58. The molecule has 0 radical (unpaired) electrons. The summed E-state index contributed by atoms with van der Waals surface area (Å²) in [5.74, 6) is 1.91. The van der Waals surface area contributed by atoms with Crippen LogP contribution in [0, 0.1) is 0 Å². The van der Waals surface area contributed by atoms with Crippen molar-refractivity contribution in [2.24, 2.45) is 0 Å². The third-order valence-electron chi connectivity index (χ3n) is 8.37. The van der Waals surface area contributed by atoms with Crippen LogP contribution < -0.4 is 0 Å². The molecule has 0 aliphatic rings. The van der Waals surface area contributed by atoms with Crippen molar-refractivity contribution in [2.45, 2.75) is 0 Å². The quantitative estimate of drug-likeness (QED) is 0.192. The molecule has 0 unspecified atom stereocenters. The van der Waals surface area contributed by atoms with Crippen molar-refractivity contribution < 1.29 is 0 Å². The lowest BCUT2D eigenvalue weighted by Gasteiger charge is -2.10. The first-order chi connectivity index (χ1) is 23.2. The normalized spacial score (nSPS) is 11.4. The number of hydrogen-bond acceptors (Lipinski definition) is 6. The van der Waals surface area contributed by atoms with Gasteiger partial charge < -0.3 is 0 Å². The predicted octanol–water partition coefficient (Wildman–Crippen LogP) is 10.5. The first-order valence-electron chi connectivity index (χ1n) is 15.4. The molecule has 0 bridgehead atoms. The zero-order chi connectivity index (χ0) is 31.2. The third kappa shape index (κ3) is 5.11. The number of benzene rings is 5. The number of pyridine rings is 2. The van der Waals surface area contributed by atoms with Crippen LogP contribution in [0.2, 0.25) is 0 Å². The Hall–Kier alpha value is -6.11. The molecule has 47 heavy (non-hydrogen) atoms. The Morgan fingerprint density at radius 3 is 1.77 bits per heavy atom. The van der Waals surface area contributed by atoms with Gasteiger partial charge in [0.2, 0.25) is 0 Å². The highest BCUT2D eigenvalue weighted by atomic mass is 32.1. The Morgan fingerprint density at radius 2 is 1.00 bits per heavy atom. The summed E-state index contributed by atoms with van der Waals surface area (Å²) in [7, 11) is 0. The summed E-state index contributed by atoms with van der Waals surface area (Å²) < 4.78 is 2.45. The fourth-order valence-electron chi connectivity index (χ4n) is 5.99. The summed E-state index contributed by atoms with van der Waals surface area (Å²) in [6, 6.07) is 49.7. The van der Waals surface area contributed by atoms with Gasteiger partial charge in [-0.1, -0.05) is 115 Å². The highest BCUT2D eigenvalue weighted by Crippen LogP contribution is 2.35. The average Bonchev–Trinajstić information content (AvgIpc) is 3.53. The summed E-state index contributed by atoms with van der Waals surface area (Å²) in [6.45, 7) is 0. The van der Waals surface area contributed by atoms with E-state index >= 15 is 0 Å². The van der Waals surface area contributed by atoms with Gasteiger partial charge in [-0.2, -0.15) is 0 Å². The topological polar surface area (TPSA) is 64.5 Å². The lowest BCUT2D eigenvalue weighted by atomic mass is 10.0. The summed E-state index contributed by atoms with van der Waals surface area (Å²) in [5, 5.41) is 3.55. The molecular weight excluding hydrogens is 595 g/mol. The van der Waals surface area contributed by atoms with Crippen LogP contribution in [0.15, 0.2) is 152 Å². The molecule has 0 amide bonds. The molecule has 0 fully saturated rings. The molecule has 5 nitrogen and oxygen atoms in total. The van der Waals surface area contributed by atoms with Crippen LogP contribution in [0.4, 0.5) is 0 Å². The van der Waals surface area contributed by atoms with Crippen LogP contribution in [-0.4, -0.2) is 24.9 Å². The zero-order valence-corrected chi connectivity index (χ0v) is 25.9. The maximum Gasteiger partial charge on any atom is 0.164 e. The van der Waals surface area contributed by atoms with Crippen molar-refractivity contribution in [3.63, 3.8) is 0 Å². The number of rotatable bonds is 5. The summed E-state index contributed by atoms with van der Waals surface area (Å²) >= 11 is 1.77. The van der Waals surface area contributed by atoms with E-state index in [2.05, 4.69) is 84.9 Å². The number of hydrogen-bond donors (Lipinski definition) is 0. The van der Waals surface area contributed by atoms with Gasteiger partial charge in [0.25, 0.3) is 0 Å². The van der Waals surface area contributed by atoms with Gasteiger partial charge in [0.05, 0.1) is 21.6 Å². The van der Waals surface area contributed by atoms with Gasteiger partial charge in [-0.15, -0.1) is 11.3 Å². The van der Waals surface area contributed by atoms with E-state index in [1.54, 1.807) is 11.3 Å². The zero-order valence-electron chi connectivity index (χ0n) is 25.1. The van der Waals surface area contributed by atoms with Crippen molar-refractivity contribution >= 4 is 42.4 Å². The second kappa shape index (κ2) is 11.4. The standard InChI is InChI=1S/C41H25N5S/c1-3-10-27(11-4-1)39-44-40(28-12-5-2-6-13-28)46-41(45-39)31-15-9-14-29(22-31)30-19-18-26-20-21-34(43-35(26)23-30)36-24-33-32-16-7-8-17-37(32)47-38(33)25-42-36/h1-25H. The molecule has 4 aromatic heterocycles.